The average Bonchev–Trinajstić information content (AvgIpc) is 2.23. The Labute approximate surface area is 105 Å². The van der Waals surface area contributed by atoms with Crippen LogP contribution in [0.15, 0.2) is 12.2 Å². The van der Waals surface area contributed by atoms with Crippen LogP contribution in [-0.4, -0.2) is 22.4 Å². The summed E-state index contributed by atoms with van der Waals surface area (Å²) in [5.41, 5.74) is 0.996. The average molecular weight is 238 g/mol. The molecule has 0 aromatic rings. The molecule has 0 spiro atoms. The lowest BCUT2D eigenvalue weighted by Crippen LogP contribution is -2.54. The second-order valence-corrected chi connectivity index (χ2v) is 6.63. The molecule has 2 N–H and O–H groups in total. The normalized spacial score (nSPS) is 47.1. The molecular weight excluding hydrogens is 212 g/mol. The highest BCUT2D eigenvalue weighted by Crippen LogP contribution is 2.54. The maximum absolute atomic E-state index is 10.6. The lowest BCUT2D eigenvalue weighted by atomic mass is 9.53. The minimum atomic E-state index is -0.323. The van der Waals surface area contributed by atoms with Gasteiger partial charge in [0, 0.05) is 11.3 Å². The van der Waals surface area contributed by atoms with Crippen LogP contribution >= 0.6 is 0 Å². The lowest BCUT2D eigenvalue weighted by Gasteiger charge is -2.54. The van der Waals surface area contributed by atoms with E-state index in [1.54, 1.807) is 0 Å². The minimum Gasteiger partial charge on any atom is -0.393 e. The quantitative estimate of drug-likeness (QED) is 0.690. The molecule has 0 heterocycles. The molecule has 0 aromatic carbocycles. The van der Waals surface area contributed by atoms with Crippen molar-refractivity contribution in [3.05, 3.63) is 12.2 Å². The third-order valence-corrected chi connectivity index (χ3v) is 5.30. The highest BCUT2D eigenvalue weighted by molar-refractivity contribution is 5.17. The van der Waals surface area contributed by atoms with Crippen molar-refractivity contribution in [2.75, 3.05) is 0 Å². The first kappa shape index (κ1) is 13.1. The number of aliphatic hydroxyl groups is 2. The molecule has 0 saturated heterocycles. The van der Waals surface area contributed by atoms with Gasteiger partial charge >= 0.3 is 0 Å². The van der Waals surface area contributed by atoms with Crippen LogP contribution in [-0.2, 0) is 0 Å². The molecular formula is C15H26O2. The van der Waals surface area contributed by atoms with Crippen molar-refractivity contribution in [3.8, 4) is 0 Å². The molecule has 0 aliphatic heterocycles. The Kier molecular flexibility index (Phi) is 3.39. The zero-order chi connectivity index (χ0) is 12.8. The Morgan fingerprint density at radius 3 is 2.53 bits per heavy atom. The van der Waals surface area contributed by atoms with E-state index < -0.39 is 0 Å². The van der Waals surface area contributed by atoms with Crippen molar-refractivity contribution in [1.82, 2.24) is 0 Å². The molecule has 0 radical (unpaired) electrons. The molecule has 0 amide bonds. The van der Waals surface area contributed by atoms with Gasteiger partial charge in [0.15, 0.2) is 0 Å². The molecule has 0 bridgehead atoms. The number of rotatable bonds is 1. The van der Waals surface area contributed by atoms with Crippen LogP contribution in [0.2, 0.25) is 0 Å². The van der Waals surface area contributed by atoms with E-state index in [0.29, 0.717) is 11.8 Å². The Morgan fingerprint density at radius 1 is 1.29 bits per heavy atom. The predicted molar refractivity (Wildman–Crippen MR) is 69.5 cm³/mol. The van der Waals surface area contributed by atoms with Crippen LogP contribution in [0.25, 0.3) is 0 Å². The number of aliphatic hydroxyl groups excluding tert-OH is 2. The van der Waals surface area contributed by atoms with E-state index in [1.807, 2.05) is 0 Å². The fraction of sp³-hybridized carbons (Fsp3) is 0.867. The van der Waals surface area contributed by atoms with E-state index >= 15 is 0 Å². The number of fused-ring (bicyclic) bond motifs is 1. The van der Waals surface area contributed by atoms with Gasteiger partial charge < -0.3 is 10.2 Å². The van der Waals surface area contributed by atoms with Crippen LogP contribution in [0.5, 0.6) is 0 Å². The van der Waals surface area contributed by atoms with Gasteiger partial charge in [-0.1, -0.05) is 32.9 Å². The molecule has 2 aliphatic rings. The Bertz CT molecular complexity index is 310. The van der Waals surface area contributed by atoms with Crippen LogP contribution < -0.4 is 0 Å². The van der Waals surface area contributed by atoms with Gasteiger partial charge in [0.1, 0.15) is 0 Å². The van der Waals surface area contributed by atoms with Crippen molar-refractivity contribution >= 4 is 0 Å². The summed E-state index contributed by atoms with van der Waals surface area (Å²) in [7, 11) is 0. The number of hydrogen-bond acceptors (Lipinski definition) is 2. The van der Waals surface area contributed by atoms with E-state index in [2.05, 4.69) is 27.4 Å². The molecule has 2 heteroatoms. The maximum Gasteiger partial charge on any atom is 0.0642 e. The Hall–Kier alpha value is -0.340. The first-order valence-corrected chi connectivity index (χ1v) is 6.91. The van der Waals surface area contributed by atoms with Gasteiger partial charge in [0.05, 0.1) is 12.2 Å². The molecule has 17 heavy (non-hydrogen) atoms. The van der Waals surface area contributed by atoms with Crippen molar-refractivity contribution in [2.24, 2.45) is 23.2 Å². The second-order valence-electron chi connectivity index (χ2n) is 6.63. The second kappa shape index (κ2) is 4.40. The van der Waals surface area contributed by atoms with Crippen molar-refractivity contribution in [1.29, 1.82) is 0 Å². The topological polar surface area (TPSA) is 40.5 Å². The first-order chi connectivity index (χ1) is 7.88. The van der Waals surface area contributed by atoms with Crippen molar-refractivity contribution < 1.29 is 10.2 Å². The summed E-state index contributed by atoms with van der Waals surface area (Å²) in [6.07, 6.45) is 3.11. The van der Waals surface area contributed by atoms with E-state index in [-0.39, 0.29) is 23.5 Å². The Morgan fingerprint density at radius 2 is 1.94 bits per heavy atom. The zero-order valence-corrected chi connectivity index (χ0v) is 11.3. The van der Waals surface area contributed by atoms with E-state index in [9.17, 15) is 10.2 Å². The zero-order valence-electron chi connectivity index (χ0n) is 11.3. The summed E-state index contributed by atoms with van der Waals surface area (Å²) in [6, 6.07) is 0. The smallest absolute Gasteiger partial charge is 0.0642 e. The summed E-state index contributed by atoms with van der Waals surface area (Å²) in [4.78, 5) is 0. The molecule has 5 atom stereocenters. The van der Waals surface area contributed by atoms with Gasteiger partial charge in [0.2, 0.25) is 0 Å². The summed E-state index contributed by atoms with van der Waals surface area (Å²) in [5.74, 6) is 0.948. The predicted octanol–water partition coefficient (Wildman–Crippen LogP) is 2.75. The maximum atomic E-state index is 10.6. The monoisotopic (exact) mass is 238 g/mol. The van der Waals surface area contributed by atoms with Gasteiger partial charge in [-0.15, -0.1) is 0 Å². The summed E-state index contributed by atoms with van der Waals surface area (Å²) in [6.45, 7) is 10.6. The standard InChI is InChI=1S/C15H26O2/c1-9(2)11-7-8-15(4)12(16)6-5-10(3)13(15)14(11)17/h9,11-14,16-17H,3,5-8H2,1-2,4H3/t11-,12-,13+,14-,15+/m0/s1. The largest absolute Gasteiger partial charge is 0.393 e. The van der Waals surface area contributed by atoms with Crippen LogP contribution in [0.3, 0.4) is 0 Å². The molecule has 2 nitrogen and oxygen atoms in total. The Balaban J connectivity index is 2.29. The molecule has 98 valence electrons. The van der Waals surface area contributed by atoms with E-state index in [4.69, 9.17) is 0 Å². The van der Waals surface area contributed by atoms with Crippen molar-refractivity contribution in [3.63, 3.8) is 0 Å². The molecule has 0 unspecified atom stereocenters. The summed E-state index contributed by atoms with van der Waals surface area (Å²) in [5, 5.41) is 20.9. The first-order valence-electron chi connectivity index (χ1n) is 6.91. The van der Waals surface area contributed by atoms with Gasteiger partial charge in [-0.2, -0.15) is 0 Å². The summed E-state index contributed by atoms with van der Waals surface area (Å²) < 4.78 is 0. The molecule has 2 fully saturated rings. The molecule has 0 aromatic heterocycles. The minimum absolute atomic E-state index is 0.0902. The third kappa shape index (κ3) is 1.96. The lowest BCUT2D eigenvalue weighted by molar-refractivity contribution is -0.120. The van der Waals surface area contributed by atoms with E-state index in [1.165, 1.54) is 0 Å². The van der Waals surface area contributed by atoms with Crippen LogP contribution in [0.1, 0.15) is 46.5 Å². The highest BCUT2D eigenvalue weighted by atomic mass is 16.3. The molecule has 2 saturated carbocycles. The van der Waals surface area contributed by atoms with Gasteiger partial charge in [0.25, 0.3) is 0 Å². The van der Waals surface area contributed by atoms with Crippen molar-refractivity contribution in [2.45, 2.75) is 58.7 Å². The fourth-order valence-corrected chi connectivity index (χ4v) is 4.06. The number of hydrogen-bond donors (Lipinski definition) is 2. The summed E-state index contributed by atoms with van der Waals surface area (Å²) >= 11 is 0. The van der Waals surface area contributed by atoms with Gasteiger partial charge in [-0.25, -0.2) is 0 Å². The third-order valence-electron chi connectivity index (χ3n) is 5.30. The van der Waals surface area contributed by atoms with Gasteiger partial charge in [-0.05, 0) is 37.5 Å². The highest BCUT2D eigenvalue weighted by Gasteiger charge is 2.52. The molecule has 2 aliphatic carbocycles. The fourth-order valence-electron chi connectivity index (χ4n) is 4.06. The van der Waals surface area contributed by atoms with Gasteiger partial charge in [-0.3, -0.25) is 0 Å². The van der Waals surface area contributed by atoms with E-state index in [0.717, 1.165) is 31.3 Å². The SMILES string of the molecule is C=C1CC[C@H](O)[C@@]2(C)CC[C@@H](C(C)C)[C@H](O)[C@@H]12. The van der Waals surface area contributed by atoms with Crippen LogP contribution in [0.4, 0.5) is 0 Å². The molecule has 2 rings (SSSR count). The van der Waals surface area contributed by atoms with Crippen LogP contribution in [0, 0.1) is 23.2 Å².